The van der Waals surface area contributed by atoms with Crippen molar-refractivity contribution in [2.24, 2.45) is 0 Å². The van der Waals surface area contributed by atoms with E-state index < -0.39 is 0 Å². The fourth-order valence-corrected chi connectivity index (χ4v) is 4.09. The molecule has 144 valence electrons. The van der Waals surface area contributed by atoms with Crippen LogP contribution in [0.4, 0.5) is 0 Å². The van der Waals surface area contributed by atoms with Crippen LogP contribution in [0.2, 0.25) is 5.02 Å². The highest BCUT2D eigenvalue weighted by Gasteiger charge is 2.26. The molecule has 2 heterocycles. The van der Waals surface area contributed by atoms with E-state index in [1.165, 1.54) is 0 Å². The third kappa shape index (κ3) is 5.09. The van der Waals surface area contributed by atoms with E-state index in [0.29, 0.717) is 36.8 Å². The number of hydrogen-bond donors (Lipinski definition) is 1. The number of rotatable bonds is 5. The lowest BCUT2D eigenvalue weighted by Gasteiger charge is -2.27. The molecule has 5 nitrogen and oxygen atoms in total. The molecule has 1 aromatic carbocycles. The van der Waals surface area contributed by atoms with Gasteiger partial charge in [0.2, 0.25) is 5.91 Å². The minimum Gasteiger partial charge on any atom is -0.350 e. The van der Waals surface area contributed by atoms with E-state index in [4.69, 9.17) is 11.6 Å². The Hall–Kier alpha value is -1.89. The summed E-state index contributed by atoms with van der Waals surface area (Å²) < 4.78 is 0. The van der Waals surface area contributed by atoms with Crippen molar-refractivity contribution in [3.05, 3.63) is 57.2 Å². The number of nitrogens with zero attached hydrogens (tertiary/aromatic N) is 2. The highest BCUT2D eigenvalue weighted by molar-refractivity contribution is 7.09. The summed E-state index contributed by atoms with van der Waals surface area (Å²) in [5.41, 5.74) is 0.536. The zero-order chi connectivity index (χ0) is 19.2. The number of halogens is 1. The first-order valence-corrected chi connectivity index (χ1v) is 10.4. The summed E-state index contributed by atoms with van der Waals surface area (Å²) in [5, 5.41) is 5.48. The van der Waals surface area contributed by atoms with Crippen LogP contribution >= 0.6 is 22.9 Å². The van der Waals surface area contributed by atoms with Crippen LogP contribution in [0.15, 0.2) is 41.8 Å². The third-order valence-electron chi connectivity index (χ3n) is 4.87. The summed E-state index contributed by atoms with van der Waals surface area (Å²) >= 11 is 7.80. The first kappa shape index (κ1) is 19.9. The molecule has 1 saturated heterocycles. The van der Waals surface area contributed by atoms with E-state index in [-0.39, 0.29) is 17.9 Å². The van der Waals surface area contributed by atoms with Crippen LogP contribution in [0.25, 0.3) is 0 Å². The lowest BCUT2D eigenvalue weighted by atomic mass is 10.2. The van der Waals surface area contributed by atoms with Crippen molar-refractivity contribution in [2.45, 2.75) is 25.9 Å². The van der Waals surface area contributed by atoms with Gasteiger partial charge >= 0.3 is 0 Å². The van der Waals surface area contributed by atoms with Crippen LogP contribution in [0.3, 0.4) is 0 Å². The van der Waals surface area contributed by atoms with Gasteiger partial charge in [0.25, 0.3) is 5.91 Å². The molecule has 3 rings (SSSR count). The van der Waals surface area contributed by atoms with Gasteiger partial charge in [0, 0.05) is 31.1 Å². The second-order valence-corrected chi connectivity index (χ2v) is 8.07. The van der Waals surface area contributed by atoms with Gasteiger partial charge in [-0.15, -0.1) is 11.3 Å². The lowest BCUT2D eigenvalue weighted by Crippen LogP contribution is -2.46. The number of hydrogen-bond acceptors (Lipinski definition) is 4. The van der Waals surface area contributed by atoms with E-state index in [0.717, 1.165) is 17.8 Å². The number of nitrogens with one attached hydrogen (secondary N) is 1. The number of carbonyl (C=O) groups excluding carboxylic acids is 2. The largest absolute Gasteiger partial charge is 0.350 e. The van der Waals surface area contributed by atoms with Crippen LogP contribution in [0, 0.1) is 0 Å². The van der Waals surface area contributed by atoms with Gasteiger partial charge in [-0.3, -0.25) is 14.5 Å². The Morgan fingerprint density at radius 2 is 1.96 bits per heavy atom. The molecule has 0 radical (unpaired) electrons. The maximum absolute atomic E-state index is 12.8. The van der Waals surface area contributed by atoms with Gasteiger partial charge in [-0.25, -0.2) is 0 Å². The monoisotopic (exact) mass is 405 g/mol. The number of benzene rings is 1. The second kappa shape index (κ2) is 9.35. The average molecular weight is 406 g/mol. The fraction of sp³-hybridized carbons (Fsp3) is 0.400. The fourth-order valence-electron chi connectivity index (χ4n) is 3.23. The van der Waals surface area contributed by atoms with Crippen molar-refractivity contribution in [1.29, 1.82) is 0 Å². The van der Waals surface area contributed by atoms with E-state index in [9.17, 15) is 9.59 Å². The van der Waals surface area contributed by atoms with E-state index in [2.05, 4.69) is 10.2 Å². The first-order valence-electron chi connectivity index (χ1n) is 9.14. The number of amides is 2. The molecule has 2 amide bonds. The van der Waals surface area contributed by atoms with Gasteiger partial charge in [-0.05, 0) is 36.9 Å². The Balaban J connectivity index is 1.55. The van der Waals surface area contributed by atoms with E-state index >= 15 is 0 Å². The topological polar surface area (TPSA) is 52.7 Å². The summed E-state index contributed by atoms with van der Waals surface area (Å²) in [6.45, 7) is 5.21. The van der Waals surface area contributed by atoms with Crippen molar-refractivity contribution < 1.29 is 9.59 Å². The average Bonchev–Trinajstić information content (AvgIpc) is 3.08. The van der Waals surface area contributed by atoms with Gasteiger partial charge < -0.3 is 10.2 Å². The molecule has 1 aromatic heterocycles. The SMILES string of the molecule is CC(C(=O)NCc1cccs1)N1CCCN(C(=O)c2ccccc2Cl)CC1. The Morgan fingerprint density at radius 3 is 2.70 bits per heavy atom. The summed E-state index contributed by atoms with van der Waals surface area (Å²) in [4.78, 5) is 30.4. The molecule has 1 aliphatic rings. The quantitative estimate of drug-likeness (QED) is 0.830. The molecule has 0 aliphatic carbocycles. The zero-order valence-electron chi connectivity index (χ0n) is 15.4. The van der Waals surface area contributed by atoms with Gasteiger partial charge in [0.1, 0.15) is 0 Å². The summed E-state index contributed by atoms with van der Waals surface area (Å²) in [6, 6.07) is 10.9. The van der Waals surface area contributed by atoms with Crippen molar-refractivity contribution in [2.75, 3.05) is 26.2 Å². The zero-order valence-corrected chi connectivity index (χ0v) is 16.9. The third-order valence-corrected chi connectivity index (χ3v) is 6.07. The number of thiophene rings is 1. The number of carbonyl (C=O) groups is 2. The summed E-state index contributed by atoms with van der Waals surface area (Å²) in [7, 11) is 0. The molecule has 0 bridgehead atoms. The van der Waals surface area contributed by atoms with Crippen molar-refractivity contribution >= 4 is 34.8 Å². The van der Waals surface area contributed by atoms with Gasteiger partial charge in [-0.2, -0.15) is 0 Å². The van der Waals surface area contributed by atoms with Crippen LogP contribution in [0.1, 0.15) is 28.6 Å². The molecule has 27 heavy (non-hydrogen) atoms. The highest BCUT2D eigenvalue weighted by atomic mass is 35.5. The van der Waals surface area contributed by atoms with Crippen LogP contribution < -0.4 is 5.32 Å². The van der Waals surface area contributed by atoms with Crippen LogP contribution in [-0.4, -0.2) is 53.8 Å². The molecular weight excluding hydrogens is 382 g/mol. The summed E-state index contributed by atoms with van der Waals surface area (Å²) in [5.74, 6) is -0.0217. The van der Waals surface area contributed by atoms with E-state index in [1.807, 2.05) is 41.5 Å². The Morgan fingerprint density at radius 1 is 1.15 bits per heavy atom. The Bertz CT molecular complexity index is 781. The lowest BCUT2D eigenvalue weighted by molar-refractivity contribution is -0.126. The molecule has 0 spiro atoms. The van der Waals surface area contributed by atoms with Gasteiger partial charge in [0.15, 0.2) is 0 Å². The van der Waals surface area contributed by atoms with Crippen molar-refractivity contribution in [3.8, 4) is 0 Å². The van der Waals surface area contributed by atoms with Crippen molar-refractivity contribution in [3.63, 3.8) is 0 Å². The Labute approximate surface area is 168 Å². The smallest absolute Gasteiger partial charge is 0.255 e. The van der Waals surface area contributed by atoms with Gasteiger partial charge in [-0.1, -0.05) is 29.8 Å². The maximum atomic E-state index is 12.8. The molecule has 1 N–H and O–H groups in total. The second-order valence-electron chi connectivity index (χ2n) is 6.63. The molecule has 2 aromatic rings. The normalized spacial score (nSPS) is 16.6. The molecule has 1 atom stereocenters. The van der Waals surface area contributed by atoms with E-state index in [1.54, 1.807) is 23.5 Å². The predicted molar refractivity (Wildman–Crippen MR) is 109 cm³/mol. The standard InChI is InChI=1S/C20H24ClN3O2S/c1-15(19(25)22-14-16-6-4-13-27-16)23-9-5-10-24(12-11-23)20(26)17-7-2-3-8-18(17)21/h2-4,6-8,13,15H,5,9-12,14H2,1H3,(H,22,25). The first-order chi connectivity index (χ1) is 13.1. The maximum Gasteiger partial charge on any atom is 0.255 e. The molecule has 1 fully saturated rings. The summed E-state index contributed by atoms with van der Waals surface area (Å²) in [6.07, 6.45) is 0.832. The van der Waals surface area contributed by atoms with Gasteiger partial charge in [0.05, 0.1) is 23.2 Å². The molecule has 7 heteroatoms. The van der Waals surface area contributed by atoms with Crippen LogP contribution in [0.5, 0.6) is 0 Å². The van der Waals surface area contributed by atoms with Crippen molar-refractivity contribution in [1.82, 2.24) is 15.1 Å². The molecular formula is C20H24ClN3O2S. The molecule has 1 unspecified atom stereocenters. The minimum atomic E-state index is -0.222. The molecule has 1 aliphatic heterocycles. The Kier molecular flexibility index (Phi) is 6.88. The molecule has 0 saturated carbocycles. The highest BCUT2D eigenvalue weighted by Crippen LogP contribution is 2.18. The predicted octanol–water partition coefficient (Wildman–Crippen LogP) is 3.25. The van der Waals surface area contributed by atoms with Crippen LogP contribution in [-0.2, 0) is 11.3 Å². The minimum absolute atomic E-state index is 0.0225.